The van der Waals surface area contributed by atoms with E-state index in [2.05, 4.69) is 27.9 Å². The van der Waals surface area contributed by atoms with E-state index < -0.39 is 24.2 Å². The Morgan fingerprint density at radius 2 is 2.00 bits per heavy atom. The molecule has 0 aliphatic heterocycles. The first kappa shape index (κ1) is 26.1. The maximum atomic E-state index is 13.6. The van der Waals surface area contributed by atoms with Crippen LogP contribution < -0.4 is 10.1 Å². The molecule has 3 rings (SSSR count). The third-order valence-electron chi connectivity index (χ3n) is 5.65. The molecule has 0 spiro atoms. The van der Waals surface area contributed by atoms with Crippen LogP contribution in [0.2, 0.25) is 0 Å². The molecule has 2 amide bonds. The van der Waals surface area contributed by atoms with Gasteiger partial charge in [0.15, 0.2) is 0 Å². The molecule has 34 heavy (non-hydrogen) atoms. The molecule has 0 fully saturated rings. The molecule has 0 heterocycles. The second-order valence-corrected chi connectivity index (χ2v) is 9.20. The summed E-state index contributed by atoms with van der Waals surface area (Å²) in [4.78, 5) is 26.8. The number of ether oxygens (including phenoxy) is 1. The van der Waals surface area contributed by atoms with E-state index in [1.165, 1.54) is 24.0 Å². The number of nitrogens with zero attached hydrogens (tertiary/aromatic N) is 1. The van der Waals surface area contributed by atoms with Gasteiger partial charge in [0.05, 0.1) is 16.2 Å². The normalized spacial score (nSPS) is 19.8. The van der Waals surface area contributed by atoms with Gasteiger partial charge in [-0.25, -0.2) is 4.39 Å². The Hall–Kier alpha value is -2.50. The molecule has 0 bridgehead atoms. The van der Waals surface area contributed by atoms with Gasteiger partial charge in [0.2, 0.25) is 11.8 Å². The number of rotatable bonds is 9. The van der Waals surface area contributed by atoms with Gasteiger partial charge < -0.3 is 25.2 Å². The number of para-hydroxylation sites is 1. The number of benzene rings is 2. The molecule has 3 unspecified atom stereocenters. The third-order valence-corrected chi connectivity index (χ3v) is 6.54. The minimum absolute atomic E-state index is 0.0848. The number of halogens is 2. The van der Waals surface area contributed by atoms with Crippen molar-refractivity contribution < 1.29 is 28.9 Å². The Kier molecular flexibility index (Phi) is 9.43. The monoisotopic (exact) mass is 582 g/mol. The van der Waals surface area contributed by atoms with Crippen LogP contribution in [0.3, 0.4) is 0 Å². The molecule has 0 aromatic heterocycles. The minimum Gasteiger partial charge on any atom is -0.482 e. The van der Waals surface area contributed by atoms with Gasteiger partial charge in [-0.2, -0.15) is 0 Å². The van der Waals surface area contributed by atoms with Gasteiger partial charge in [-0.1, -0.05) is 24.3 Å². The zero-order valence-electron chi connectivity index (χ0n) is 18.8. The number of aliphatic hydroxyl groups excluding tert-OH is 2. The lowest BCUT2D eigenvalue weighted by Gasteiger charge is -2.40. The number of hydrogen-bond acceptors (Lipinski definition) is 5. The van der Waals surface area contributed by atoms with Crippen LogP contribution in [0.15, 0.2) is 60.2 Å². The molecule has 1 aliphatic carbocycles. The van der Waals surface area contributed by atoms with E-state index in [1.54, 1.807) is 24.3 Å². The summed E-state index contributed by atoms with van der Waals surface area (Å²) in [5.74, 6) is -0.476. The lowest BCUT2D eigenvalue weighted by molar-refractivity contribution is -0.136. The molecular weight excluding hydrogens is 554 g/mol. The number of nitrogens with one attached hydrogen (secondary N) is 1. The van der Waals surface area contributed by atoms with E-state index in [-0.39, 0.29) is 37.8 Å². The zero-order chi connectivity index (χ0) is 24.7. The van der Waals surface area contributed by atoms with Crippen LogP contribution in [0.4, 0.5) is 4.39 Å². The predicted molar refractivity (Wildman–Crippen MR) is 134 cm³/mol. The fourth-order valence-corrected chi connectivity index (χ4v) is 4.48. The van der Waals surface area contributed by atoms with Crippen LogP contribution >= 0.6 is 22.6 Å². The zero-order valence-corrected chi connectivity index (χ0v) is 20.9. The van der Waals surface area contributed by atoms with E-state index in [4.69, 9.17) is 9.84 Å². The molecule has 7 nitrogen and oxygen atoms in total. The van der Waals surface area contributed by atoms with Gasteiger partial charge in [-0.05, 0) is 64.9 Å². The molecular formula is C25H28FIN2O5. The van der Waals surface area contributed by atoms with Crippen molar-refractivity contribution in [1.82, 2.24) is 10.2 Å². The Morgan fingerprint density at radius 1 is 1.24 bits per heavy atom. The Balaban J connectivity index is 1.87. The van der Waals surface area contributed by atoms with Crippen molar-refractivity contribution in [3.05, 3.63) is 75.1 Å². The molecule has 0 saturated carbocycles. The number of carbonyl (C=O) groups excluding carboxylic acids is 2. The maximum Gasteiger partial charge on any atom is 0.247 e. The fourth-order valence-electron chi connectivity index (χ4n) is 3.97. The smallest absolute Gasteiger partial charge is 0.247 e. The van der Waals surface area contributed by atoms with Crippen LogP contribution in [0.5, 0.6) is 5.75 Å². The topological polar surface area (TPSA) is 99.1 Å². The average Bonchev–Trinajstić information content (AvgIpc) is 2.81. The molecule has 3 atom stereocenters. The quantitative estimate of drug-likeness (QED) is 0.395. The molecule has 9 heteroatoms. The first-order valence-corrected chi connectivity index (χ1v) is 12.1. The van der Waals surface area contributed by atoms with Crippen molar-refractivity contribution in [2.24, 2.45) is 0 Å². The molecule has 2 aromatic rings. The van der Waals surface area contributed by atoms with Crippen molar-refractivity contribution in [3.8, 4) is 5.75 Å². The van der Waals surface area contributed by atoms with E-state index in [0.29, 0.717) is 17.7 Å². The van der Waals surface area contributed by atoms with E-state index in [1.807, 2.05) is 18.2 Å². The van der Waals surface area contributed by atoms with Crippen LogP contribution in [0.1, 0.15) is 18.9 Å². The van der Waals surface area contributed by atoms with E-state index in [9.17, 15) is 19.1 Å². The maximum absolute atomic E-state index is 13.6. The summed E-state index contributed by atoms with van der Waals surface area (Å²) in [6.45, 7) is 1.52. The number of aliphatic hydroxyl groups is 2. The Morgan fingerprint density at radius 3 is 2.68 bits per heavy atom. The number of hydrogen-bond donors (Lipinski definition) is 3. The van der Waals surface area contributed by atoms with Crippen molar-refractivity contribution in [1.29, 1.82) is 0 Å². The Bertz CT molecular complexity index is 1050. The molecule has 0 radical (unpaired) electrons. The second kappa shape index (κ2) is 12.3. The van der Waals surface area contributed by atoms with Crippen molar-refractivity contribution in [3.63, 3.8) is 0 Å². The van der Waals surface area contributed by atoms with Gasteiger partial charge in [-0.15, -0.1) is 0 Å². The van der Waals surface area contributed by atoms with Gasteiger partial charge in [0, 0.05) is 32.0 Å². The summed E-state index contributed by atoms with van der Waals surface area (Å²) < 4.78 is 20.5. The fraction of sp³-hybridized carbons (Fsp3) is 0.360. The molecule has 0 saturated heterocycles. The van der Waals surface area contributed by atoms with Crippen LogP contribution in [0, 0.1) is 9.39 Å². The second-order valence-electron chi connectivity index (χ2n) is 8.04. The van der Waals surface area contributed by atoms with Crippen molar-refractivity contribution >= 4 is 34.4 Å². The molecule has 2 aromatic carbocycles. The third kappa shape index (κ3) is 6.77. The largest absolute Gasteiger partial charge is 0.482 e. The van der Waals surface area contributed by atoms with Crippen LogP contribution in [-0.4, -0.2) is 64.9 Å². The van der Waals surface area contributed by atoms with Gasteiger partial charge in [0.1, 0.15) is 23.8 Å². The first-order valence-electron chi connectivity index (χ1n) is 11.0. The van der Waals surface area contributed by atoms with Gasteiger partial charge >= 0.3 is 0 Å². The number of carbonyl (C=O) groups is 2. The van der Waals surface area contributed by atoms with E-state index >= 15 is 0 Å². The highest BCUT2D eigenvalue weighted by Crippen LogP contribution is 2.29. The van der Waals surface area contributed by atoms with Crippen LogP contribution in [-0.2, 0) is 16.0 Å². The van der Waals surface area contributed by atoms with Gasteiger partial charge in [0.25, 0.3) is 0 Å². The van der Waals surface area contributed by atoms with Crippen molar-refractivity contribution in [2.45, 2.75) is 38.0 Å². The van der Waals surface area contributed by atoms with Gasteiger partial charge in [-0.3, -0.25) is 9.59 Å². The minimum atomic E-state index is -1.10. The van der Waals surface area contributed by atoms with Crippen LogP contribution in [0.25, 0.3) is 0 Å². The first-order chi connectivity index (χ1) is 16.3. The summed E-state index contributed by atoms with van der Waals surface area (Å²) in [5, 5.41) is 22.9. The molecule has 182 valence electrons. The lowest BCUT2D eigenvalue weighted by atomic mass is 9.88. The highest BCUT2D eigenvalue weighted by molar-refractivity contribution is 14.1. The predicted octanol–water partition coefficient (Wildman–Crippen LogP) is 2.44. The molecule has 1 aliphatic rings. The number of amides is 2. The average molecular weight is 582 g/mol. The highest BCUT2D eigenvalue weighted by atomic mass is 127. The van der Waals surface area contributed by atoms with E-state index in [0.717, 1.165) is 9.13 Å². The summed E-state index contributed by atoms with van der Waals surface area (Å²) in [7, 11) is 0. The summed E-state index contributed by atoms with van der Waals surface area (Å²) >= 11 is 2.12. The van der Waals surface area contributed by atoms with Crippen molar-refractivity contribution in [2.75, 3.05) is 19.7 Å². The summed E-state index contributed by atoms with van der Waals surface area (Å²) in [5.41, 5.74) is 1.08. The lowest BCUT2D eigenvalue weighted by Crippen LogP contribution is -2.55. The standard InChI is InChI=1S/C25H28FIN2O5/c1-16(31)29(11-9-17-5-4-6-19(26)13-17)21-14-18(25(33)28-10-12-30)15-23(24(21)32)34-22-8-3-2-7-20(22)27/h2-8,13,15,21,23-24,30,32H,9-12,14H2,1H3,(H,28,33). The Labute approximate surface area is 211 Å². The SMILES string of the molecule is CC(=O)N(CCc1cccc(F)c1)C1CC(C(=O)NCCO)=CC(Oc2ccccc2I)C1O. The summed E-state index contributed by atoms with van der Waals surface area (Å²) in [6.07, 6.45) is 0.107. The highest BCUT2D eigenvalue weighted by Gasteiger charge is 2.39. The summed E-state index contributed by atoms with van der Waals surface area (Å²) in [6, 6.07) is 12.7. The molecule has 3 N–H and O–H groups in total.